The summed E-state index contributed by atoms with van der Waals surface area (Å²) in [7, 11) is -2.50. The summed E-state index contributed by atoms with van der Waals surface area (Å²) in [4.78, 5) is 11.7. The van der Waals surface area contributed by atoms with Crippen LogP contribution in [0.3, 0.4) is 0 Å². The van der Waals surface area contributed by atoms with Crippen LogP contribution in [0.2, 0.25) is 0 Å². The minimum absolute atomic E-state index is 0.224. The van der Waals surface area contributed by atoms with Gasteiger partial charge in [-0.05, 0) is 0 Å². The van der Waals surface area contributed by atoms with Crippen molar-refractivity contribution in [2.75, 3.05) is 37.8 Å². The van der Waals surface area contributed by atoms with Gasteiger partial charge in [0.05, 0.1) is 6.61 Å². The Balaban J connectivity index is 4.29. The molecule has 8 heteroatoms. The summed E-state index contributed by atoms with van der Waals surface area (Å²) in [5.74, 6) is 0.0423. The van der Waals surface area contributed by atoms with Gasteiger partial charge in [0.1, 0.15) is 13.4 Å². The van der Waals surface area contributed by atoms with E-state index in [4.69, 9.17) is 5.11 Å². The lowest BCUT2D eigenvalue weighted by Gasteiger charge is -2.27. The van der Waals surface area contributed by atoms with Crippen LogP contribution in [-0.4, -0.2) is 60.0 Å². The third-order valence-corrected chi connectivity index (χ3v) is 6.18. The number of nitrogens with one attached hydrogen (secondary N) is 2. The quantitative estimate of drug-likeness (QED) is 0.294. The first-order chi connectivity index (χ1) is 9.22. The molecule has 0 aromatic heterocycles. The first-order valence-electron chi connectivity index (χ1n) is 6.73. The second-order valence-corrected chi connectivity index (χ2v) is 9.02. The second-order valence-electron chi connectivity index (χ2n) is 5.40. The molecule has 0 rings (SSSR count). The van der Waals surface area contributed by atoms with Gasteiger partial charge in [-0.3, -0.25) is 9.88 Å². The highest BCUT2D eigenvalue weighted by Crippen LogP contribution is 2.39. The van der Waals surface area contributed by atoms with Crippen LogP contribution in [0.25, 0.3) is 0 Å². The molecule has 120 valence electrons. The SMILES string of the molecule is CCP(=O)(CCNC(=O)[C@H](O)C(C)(C)CO)NCCS. The van der Waals surface area contributed by atoms with Crippen LogP contribution in [-0.2, 0) is 9.36 Å². The zero-order valence-electron chi connectivity index (χ0n) is 12.4. The number of hydrogen-bond donors (Lipinski definition) is 5. The molecule has 0 fully saturated rings. The third-order valence-electron chi connectivity index (χ3n) is 3.19. The molecule has 0 radical (unpaired) electrons. The summed E-state index contributed by atoms with van der Waals surface area (Å²) in [5.41, 5.74) is -0.900. The van der Waals surface area contributed by atoms with E-state index >= 15 is 0 Å². The van der Waals surface area contributed by atoms with Gasteiger partial charge in [0.2, 0.25) is 5.91 Å². The zero-order valence-corrected chi connectivity index (χ0v) is 14.2. The Hall–Kier alpha value is -0.0700. The largest absolute Gasteiger partial charge is 0.396 e. The number of hydrogen-bond acceptors (Lipinski definition) is 5. The minimum Gasteiger partial charge on any atom is -0.396 e. The van der Waals surface area contributed by atoms with Crippen molar-refractivity contribution < 1.29 is 19.6 Å². The van der Waals surface area contributed by atoms with E-state index in [2.05, 4.69) is 23.0 Å². The van der Waals surface area contributed by atoms with Gasteiger partial charge >= 0.3 is 0 Å². The maximum absolute atomic E-state index is 12.3. The van der Waals surface area contributed by atoms with E-state index in [1.165, 1.54) is 0 Å². The number of aliphatic hydroxyl groups is 2. The van der Waals surface area contributed by atoms with Crippen molar-refractivity contribution >= 4 is 25.8 Å². The molecule has 0 saturated heterocycles. The molecule has 6 nitrogen and oxygen atoms in total. The number of carbonyl (C=O) groups is 1. The van der Waals surface area contributed by atoms with Gasteiger partial charge in [0, 0.05) is 36.6 Å². The summed E-state index contributed by atoms with van der Waals surface area (Å²) in [5, 5.41) is 24.4. The number of rotatable bonds is 10. The number of aliphatic hydroxyl groups excluding tert-OH is 2. The highest BCUT2D eigenvalue weighted by atomic mass is 32.1. The molecule has 0 aliphatic heterocycles. The fourth-order valence-corrected chi connectivity index (χ4v) is 3.48. The van der Waals surface area contributed by atoms with Crippen LogP contribution in [0, 0.1) is 5.41 Å². The Bertz CT molecular complexity index is 352. The molecule has 4 N–H and O–H groups in total. The fraction of sp³-hybridized carbons (Fsp3) is 0.917. The lowest BCUT2D eigenvalue weighted by atomic mass is 9.87. The van der Waals surface area contributed by atoms with E-state index in [1.54, 1.807) is 13.8 Å². The van der Waals surface area contributed by atoms with Crippen LogP contribution in [0.5, 0.6) is 0 Å². The van der Waals surface area contributed by atoms with E-state index in [1.807, 2.05) is 6.92 Å². The lowest BCUT2D eigenvalue weighted by molar-refractivity contribution is -0.136. The maximum atomic E-state index is 12.3. The first kappa shape index (κ1) is 19.9. The van der Waals surface area contributed by atoms with E-state index in [0.29, 0.717) is 24.6 Å². The van der Waals surface area contributed by atoms with E-state index in [9.17, 15) is 14.5 Å². The highest BCUT2D eigenvalue weighted by Gasteiger charge is 2.33. The molecule has 0 aliphatic carbocycles. The fourth-order valence-electron chi connectivity index (χ4n) is 1.50. The molecule has 1 amide bonds. The van der Waals surface area contributed by atoms with Gasteiger partial charge < -0.3 is 20.1 Å². The molecule has 0 aromatic carbocycles. The van der Waals surface area contributed by atoms with Crippen LogP contribution < -0.4 is 10.4 Å². The Kier molecular flexibility index (Phi) is 9.02. The molecule has 0 aromatic rings. The minimum atomic E-state index is -2.50. The van der Waals surface area contributed by atoms with Gasteiger partial charge in [0.15, 0.2) is 0 Å². The van der Waals surface area contributed by atoms with Crippen molar-refractivity contribution in [3.8, 4) is 0 Å². The van der Waals surface area contributed by atoms with Gasteiger partial charge in [-0.25, -0.2) is 0 Å². The predicted molar refractivity (Wildman–Crippen MR) is 84.8 cm³/mol. The van der Waals surface area contributed by atoms with Crippen molar-refractivity contribution in [3.63, 3.8) is 0 Å². The standard InChI is InChI=1S/C12H27N2O4PS/c1-4-19(18,14-6-8-20)7-5-13-11(17)10(16)12(2,3)9-15/h10,15-16,20H,4-9H2,1-3H3,(H,13,17)(H,14,18)/t10-,19?/m0/s1. The third kappa shape index (κ3) is 6.59. The topological polar surface area (TPSA) is 98.7 Å². The summed E-state index contributed by atoms with van der Waals surface area (Å²) < 4.78 is 12.3. The lowest BCUT2D eigenvalue weighted by Crippen LogP contribution is -2.46. The zero-order chi connectivity index (χ0) is 15.8. The van der Waals surface area contributed by atoms with E-state index < -0.39 is 24.7 Å². The molecule has 0 heterocycles. The number of carbonyl (C=O) groups excluding carboxylic acids is 1. The first-order valence-corrected chi connectivity index (χ1v) is 9.44. The molecule has 20 heavy (non-hydrogen) atoms. The molecule has 1 unspecified atom stereocenters. The summed E-state index contributed by atoms with van der Waals surface area (Å²) >= 11 is 4.05. The number of amides is 1. The smallest absolute Gasteiger partial charge is 0.249 e. The molecule has 0 aliphatic rings. The van der Waals surface area contributed by atoms with Crippen molar-refractivity contribution in [2.45, 2.75) is 26.9 Å². The Morgan fingerprint density at radius 1 is 1.40 bits per heavy atom. The van der Waals surface area contributed by atoms with Crippen LogP contribution >= 0.6 is 19.9 Å². The molecule has 0 bridgehead atoms. The second kappa shape index (κ2) is 9.05. The summed E-state index contributed by atoms with van der Waals surface area (Å²) in [6.07, 6.45) is -0.463. The van der Waals surface area contributed by atoms with Gasteiger partial charge in [-0.1, -0.05) is 20.8 Å². The van der Waals surface area contributed by atoms with Crippen LogP contribution in [0.1, 0.15) is 20.8 Å². The highest BCUT2D eigenvalue weighted by molar-refractivity contribution is 7.80. The molecular weight excluding hydrogens is 299 g/mol. The summed E-state index contributed by atoms with van der Waals surface area (Å²) in [6.45, 7) is 5.52. The molecule has 0 saturated carbocycles. The van der Waals surface area contributed by atoms with Crippen LogP contribution in [0.15, 0.2) is 0 Å². The van der Waals surface area contributed by atoms with Crippen molar-refractivity contribution in [1.29, 1.82) is 0 Å². The van der Waals surface area contributed by atoms with E-state index in [-0.39, 0.29) is 13.2 Å². The van der Waals surface area contributed by atoms with Crippen molar-refractivity contribution in [2.24, 2.45) is 5.41 Å². The predicted octanol–water partition coefficient (Wildman–Crippen LogP) is 0.299. The normalized spacial score (nSPS) is 16.5. The van der Waals surface area contributed by atoms with Gasteiger partial charge in [0.25, 0.3) is 0 Å². The van der Waals surface area contributed by atoms with Crippen molar-refractivity contribution in [3.05, 3.63) is 0 Å². The average molecular weight is 326 g/mol. The Morgan fingerprint density at radius 2 is 2.00 bits per heavy atom. The summed E-state index contributed by atoms with van der Waals surface area (Å²) in [6, 6.07) is 0. The van der Waals surface area contributed by atoms with Gasteiger partial charge in [-0.15, -0.1) is 0 Å². The van der Waals surface area contributed by atoms with Gasteiger partial charge in [-0.2, -0.15) is 12.6 Å². The van der Waals surface area contributed by atoms with Crippen LogP contribution in [0.4, 0.5) is 0 Å². The van der Waals surface area contributed by atoms with Crippen molar-refractivity contribution in [1.82, 2.24) is 10.4 Å². The molecular formula is C12H27N2O4PS. The van der Waals surface area contributed by atoms with E-state index in [0.717, 1.165) is 0 Å². The average Bonchev–Trinajstić information content (AvgIpc) is 2.44. The Labute approximate surface area is 126 Å². The molecule has 0 spiro atoms. The molecule has 2 atom stereocenters. The monoisotopic (exact) mass is 326 g/mol. The number of thiol groups is 1. The Morgan fingerprint density at radius 3 is 2.45 bits per heavy atom. The maximum Gasteiger partial charge on any atom is 0.249 e.